The first-order valence-electron chi connectivity index (χ1n) is 7.94. The van der Waals surface area contributed by atoms with Crippen LogP contribution in [0.5, 0.6) is 0 Å². The predicted octanol–water partition coefficient (Wildman–Crippen LogP) is 1.91. The van der Waals surface area contributed by atoms with Crippen LogP contribution in [0.1, 0.15) is 30.5 Å². The number of carbonyl (C=O) groups excluding carboxylic acids is 1. The Balaban J connectivity index is 1.48. The van der Waals surface area contributed by atoms with E-state index in [4.69, 9.17) is 4.74 Å². The molecule has 0 unspecified atom stereocenters. The van der Waals surface area contributed by atoms with Crippen LogP contribution in [0.15, 0.2) is 5.38 Å². The molecular formula is C16H25N3O2S. The molecule has 122 valence electrons. The quantitative estimate of drug-likeness (QED) is 0.849. The summed E-state index contributed by atoms with van der Waals surface area (Å²) in [6.07, 6.45) is 2.30. The molecule has 3 heterocycles. The fraction of sp³-hybridized carbons (Fsp3) is 0.750. The maximum Gasteiger partial charge on any atom is 0.219 e. The summed E-state index contributed by atoms with van der Waals surface area (Å²) in [5, 5.41) is 3.16. The van der Waals surface area contributed by atoms with E-state index in [2.05, 4.69) is 22.3 Å². The standard InChI is InChI=1S/C16H25N3O2S/c1-12-17-15(9-22-12)8-21-7-14-4-5-18(3)16(6-14)10-19(11-16)13(2)20/h9,14H,4-8,10-11H2,1-3H3/t14-/m0/s1. The van der Waals surface area contributed by atoms with Crippen LogP contribution in [0.25, 0.3) is 0 Å². The van der Waals surface area contributed by atoms with Crippen molar-refractivity contribution in [2.75, 3.05) is 33.3 Å². The van der Waals surface area contributed by atoms with Gasteiger partial charge in [-0.1, -0.05) is 0 Å². The van der Waals surface area contributed by atoms with Gasteiger partial charge in [-0.25, -0.2) is 4.98 Å². The Hall–Kier alpha value is -0.980. The average Bonchev–Trinajstić information content (AvgIpc) is 2.83. The molecule has 2 fully saturated rings. The maximum atomic E-state index is 11.4. The zero-order chi connectivity index (χ0) is 15.7. The van der Waals surface area contributed by atoms with Crippen molar-refractivity contribution in [3.8, 4) is 0 Å². The number of likely N-dealkylation sites (N-methyl/N-ethyl adjacent to an activating group) is 1. The van der Waals surface area contributed by atoms with E-state index < -0.39 is 0 Å². The minimum Gasteiger partial charge on any atom is -0.375 e. The zero-order valence-corrected chi connectivity index (χ0v) is 14.5. The second-order valence-corrected chi connectivity index (χ2v) is 7.82. The van der Waals surface area contributed by atoms with Gasteiger partial charge in [0.25, 0.3) is 0 Å². The third kappa shape index (κ3) is 3.19. The molecule has 1 amide bonds. The molecule has 3 rings (SSSR count). The molecule has 0 saturated carbocycles. The summed E-state index contributed by atoms with van der Waals surface area (Å²) in [5.41, 5.74) is 1.23. The van der Waals surface area contributed by atoms with Crippen molar-refractivity contribution >= 4 is 17.2 Å². The van der Waals surface area contributed by atoms with Gasteiger partial charge in [0.05, 0.1) is 29.5 Å². The fourth-order valence-electron chi connectivity index (χ4n) is 3.61. The summed E-state index contributed by atoms with van der Waals surface area (Å²) in [6.45, 7) is 7.94. The summed E-state index contributed by atoms with van der Waals surface area (Å²) in [7, 11) is 2.19. The molecular weight excluding hydrogens is 298 g/mol. The van der Waals surface area contributed by atoms with Gasteiger partial charge < -0.3 is 9.64 Å². The number of nitrogens with zero attached hydrogens (tertiary/aromatic N) is 3. The summed E-state index contributed by atoms with van der Waals surface area (Å²) in [6, 6.07) is 0. The van der Waals surface area contributed by atoms with Crippen molar-refractivity contribution in [2.45, 2.75) is 38.8 Å². The molecule has 2 aliphatic heterocycles. The van der Waals surface area contributed by atoms with E-state index in [0.29, 0.717) is 12.5 Å². The van der Waals surface area contributed by atoms with Crippen molar-refractivity contribution in [3.05, 3.63) is 16.1 Å². The summed E-state index contributed by atoms with van der Waals surface area (Å²) in [4.78, 5) is 20.3. The molecule has 0 aromatic carbocycles. The van der Waals surface area contributed by atoms with Gasteiger partial charge in [0, 0.05) is 25.4 Å². The van der Waals surface area contributed by atoms with Crippen LogP contribution in [-0.2, 0) is 16.1 Å². The molecule has 1 aromatic heterocycles. The highest BCUT2D eigenvalue weighted by molar-refractivity contribution is 7.09. The molecule has 1 atom stereocenters. The van der Waals surface area contributed by atoms with Crippen LogP contribution in [0.4, 0.5) is 0 Å². The number of thiazole rings is 1. The average molecular weight is 323 g/mol. The monoisotopic (exact) mass is 323 g/mol. The van der Waals surface area contributed by atoms with E-state index in [1.54, 1.807) is 18.3 Å². The highest BCUT2D eigenvalue weighted by atomic mass is 32.1. The van der Waals surface area contributed by atoms with Crippen molar-refractivity contribution < 1.29 is 9.53 Å². The van der Waals surface area contributed by atoms with Gasteiger partial charge in [0.1, 0.15) is 0 Å². The summed E-state index contributed by atoms with van der Waals surface area (Å²) >= 11 is 1.67. The topological polar surface area (TPSA) is 45.7 Å². The second kappa shape index (κ2) is 6.26. The van der Waals surface area contributed by atoms with Crippen LogP contribution >= 0.6 is 11.3 Å². The number of hydrogen-bond donors (Lipinski definition) is 0. The van der Waals surface area contributed by atoms with Gasteiger partial charge >= 0.3 is 0 Å². The Kier molecular flexibility index (Phi) is 4.52. The zero-order valence-electron chi connectivity index (χ0n) is 13.7. The lowest BCUT2D eigenvalue weighted by Gasteiger charge is -2.58. The predicted molar refractivity (Wildman–Crippen MR) is 86.8 cm³/mol. The molecule has 0 bridgehead atoms. The normalized spacial score (nSPS) is 24.5. The second-order valence-electron chi connectivity index (χ2n) is 6.75. The lowest BCUT2D eigenvalue weighted by molar-refractivity contribution is -0.148. The van der Waals surface area contributed by atoms with Crippen LogP contribution in [0, 0.1) is 12.8 Å². The first-order valence-corrected chi connectivity index (χ1v) is 8.82. The molecule has 2 saturated heterocycles. The number of aryl methyl sites for hydroxylation is 1. The number of rotatable bonds is 4. The van der Waals surface area contributed by atoms with Gasteiger partial charge in [0.15, 0.2) is 0 Å². The molecule has 0 radical (unpaired) electrons. The Labute approximate surface area is 136 Å². The van der Waals surface area contributed by atoms with Crippen molar-refractivity contribution in [1.29, 1.82) is 0 Å². The molecule has 2 aliphatic rings. The summed E-state index contributed by atoms with van der Waals surface area (Å²) in [5.74, 6) is 0.779. The van der Waals surface area contributed by atoms with E-state index in [-0.39, 0.29) is 11.4 Å². The lowest BCUT2D eigenvalue weighted by Crippen LogP contribution is -2.72. The van der Waals surface area contributed by atoms with E-state index >= 15 is 0 Å². The van der Waals surface area contributed by atoms with Crippen molar-refractivity contribution in [3.63, 3.8) is 0 Å². The minimum atomic E-state index is 0.190. The molecule has 1 spiro atoms. The van der Waals surface area contributed by atoms with E-state index in [1.807, 2.05) is 11.8 Å². The third-order valence-corrected chi connectivity index (χ3v) is 5.86. The van der Waals surface area contributed by atoms with Crippen molar-refractivity contribution in [2.24, 2.45) is 5.92 Å². The Bertz CT molecular complexity index is 539. The molecule has 6 heteroatoms. The van der Waals surface area contributed by atoms with Crippen molar-refractivity contribution in [1.82, 2.24) is 14.8 Å². The number of aromatic nitrogens is 1. The van der Waals surface area contributed by atoms with E-state index in [0.717, 1.165) is 43.4 Å². The van der Waals surface area contributed by atoms with Crippen LogP contribution in [0.2, 0.25) is 0 Å². The first kappa shape index (κ1) is 15.9. The van der Waals surface area contributed by atoms with Gasteiger partial charge in [-0.2, -0.15) is 0 Å². The smallest absolute Gasteiger partial charge is 0.219 e. The fourth-order valence-corrected chi connectivity index (χ4v) is 4.21. The SMILES string of the molecule is CC(=O)N1CC2(C[C@@H](COCc3csc(C)n3)CCN2C)C1. The maximum absolute atomic E-state index is 11.4. The first-order chi connectivity index (χ1) is 10.5. The highest BCUT2D eigenvalue weighted by Gasteiger charge is 2.50. The van der Waals surface area contributed by atoms with E-state index in [1.165, 1.54) is 6.42 Å². The highest BCUT2D eigenvalue weighted by Crippen LogP contribution is 2.38. The lowest BCUT2D eigenvalue weighted by atomic mass is 9.75. The van der Waals surface area contributed by atoms with Gasteiger partial charge in [-0.3, -0.25) is 9.69 Å². The largest absolute Gasteiger partial charge is 0.375 e. The Morgan fingerprint density at radius 1 is 1.55 bits per heavy atom. The molecule has 22 heavy (non-hydrogen) atoms. The number of hydrogen-bond acceptors (Lipinski definition) is 5. The van der Waals surface area contributed by atoms with Crippen LogP contribution < -0.4 is 0 Å². The Morgan fingerprint density at radius 2 is 2.32 bits per heavy atom. The Morgan fingerprint density at radius 3 is 2.95 bits per heavy atom. The molecule has 1 aromatic rings. The summed E-state index contributed by atoms with van der Waals surface area (Å²) < 4.78 is 5.89. The number of ether oxygens (including phenoxy) is 1. The number of piperidine rings is 1. The molecule has 5 nitrogen and oxygen atoms in total. The number of likely N-dealkylation sites (tertiary alicyclic amines) is 2. The number of carbonyl (C=O) groups is 1. The van der Waals surface area contributed by atoms with Crippen LogP contribution in [-0.4, -0.2) is 59.5 Å². The van der Waals surface area contributed by atoms with Gasteiger partial charge in [0.2, 0.25) is 5.91 Å². The van der Waals surface area contributed by atoms with E-state index in [9.17, 15) is 4.79 Å². The molecule has 0 aliphatic carbocycles. The minimum absolute atomic E-state index is 0.190. The molecule has 0 N–H and O–H groups in total. The third-order valence-electron chi connectivity index (χ3n) is 5.04. The number of amides is 1. The van der Waals surface area contributed by atoms with Gasteiger partial charge in [-0.15, -0.1) is 11.3 Å². The van der Waals surface area contributed by atoms with Crippen LogP contribution in [0.3, 0.4) is 0 Å². The van der Waals surface area contributed by atoms with Gasteiger partial charge in [-0.05, 0) is 39.3 Å².